The number of halogens is 3. The van der Waals surface area contributed by atoms with E-state index in [1.165, 1.54) is 6.08 Å². The number of benzene rings is 2. The van der Waals surface area contributed by atoms with Gasteiger partial charge in [-0.2, -0.15) is 13.2 Å². The van der Waals surface area contributed by atoms with Crippen LogP contribution in [0.25, 0.3) is 17.2 Å². The number of fused-ring (bicyclic) bond motifs is 3. The molecule has 0 atom stereocenters. The monoisotopic (exact) mass is 550 g/mol. The van der Waals surface area contributed by atoms with Gasteiger partial charge in [-0.25, -0.2) is 4.79 Å². The molecule has 0 saturated carbocycles. The van der Waals surface area contributed by atoms with E-state index in [0.29, 0.717) is 5.47 Å². The Hall–Kier alpha value is -3.63. The average molecular weight is 550 g/mol. The minimum Gasteiger partial charge on any atom is -0.449 e. The number of nitrogens with one attached hydrogen (secondary N) is 1. The highest BCUT2D eigenvalue weighted by Crippen LogP contribution is 2.44. The summed E-state index contributed by atoms with van der Waals surface area (Å²) < 4.78 is 58.9. The van der Waals surface area contributed by atoms with Crippen molar-refractivity contribution < 1.29 is 32.0 Å². The van der Waals surface area contributed by atoms with Gasteiger partial charge in [0, 0.05) is 30.4 Å². The highest BCUT2D eigenvalue weighted by atomic mass is 19.4. The summed E-state index contributed by atoms with van der Waals surface area (Å²) in [6, 6.07) is 16.9. The zero-order valence-electron chi connectivity index (χ0n) is 22.7. The molecule has 2 aromatic carbocycles. The summed E-state index contributed by atoms with van der Waals surface area (Å²) in [5.74, 6) is -0.124. The molecule has 2 heterocycles. The summed E-state index contributed by atoms with van der Waals surface area (Å²) >= 11 is 0. The minimum atomic E-state index is -4.59. The van der Waals surface area contributed by atoms with Crippen molar-refractivity contribution in [3.8, 4) is 11.1 Å². The van der Waals surface area contributed by atoms with Crippen LogP contribution in [-0.4, -0.2) is 42.5 Å². The Bertz CT molecular complexity index is 1390. The largest absolute Gasteiger partial charge is 0.492 e. The van der Waals surface area contributed by atoms with Gasteiger partial charge in [0.15, 0.2) is 0 Å². The first-order chi connectivity index (χ1) is 18.9. The third-order valence-electron chi connectivity index (χ3n) is 7.83. The van der Waals surface area contributed by atoms with Crippen molar-refractivity contribution in [3.63, 3.8) is 0 Å². The van der Waals surface area contributed by atoms with Crippen molar-refractivity contribution in [1.29, 1.82) is 0 Å². The Balaban J connectivity index is 1.34. The second-order valence-corrected chi connectivity index (χ2v) is 10.9. The third kappa shape index (κ3) is 5.38. The van der Waals surface area contributed by atoms with E-state index in [4.69, 9.17) is 14.0 Å². The second kappa shape index (κ2) is 10.4. The number of aromatic nitrogens is 1. The number of carbonyl (C=O) groups is 1. The molecule has 0 radical (unpaired) electrons. The minimum absolute atomic E-state index is 0.107. The van der Waals surface area contributed by atoms with E-state index in [1.54, 1.807) is 0 Å². The van der Waals surface area contributed by atoms with Crippen molar-refractivity contribution in [1.82, 2.24) is 10.3 Å². The first-order valence-corrected chi connectivity index (χ1v) is 13.0. The predicted octanol–water partition coefficient (Wildman–Crippen LogP) is 6.65. The fourth-order valence-electron chi connectivity index (χ4n) is 5.00. The molecule has 0 bridgehead atoms. The van der Waals surface area contributed by atoms with Gasteiger partial charge in [-0.1, -0.05) is 54.6 Å². The summed E-state index contributed by atoms with van der Waals surface area (Å²) in [6.07, 6.45) is -1.77. The topological polar surface area (TPSA) is 69.7 Å². The second-order valence-electron chi connectivity index (χ2n) is 10.9. The normalized spacial score (nSPS) is 17.9. The maximum absolute atomic E-state index is 13.7. The van der Waals surface area contributed by atoms with E-state index < -0.39 is 36.2 Å². The lowest BCUT2D eigenvalue weighted by atomic mass is 9.76. The van der Waals surface area contributed by atoms with Crippen LogP contribution in [0.15, 0.2) is 72.5 Å². The quantitative estimate of drug-likeness (QED) is 0.348. The highest BCUT2D eigenvalue weighted by Gasteiger charge is 2.52. The summed E-state index contributed by atoms with van der Waals surface area (Å²) in [7, 11) is -0.986. The molecule has 2 aliphatic rings. The van der Waals surface area contributed by atoms with Crippen LogP contribution in [0.3, 0.4) is 0 Å². The van der Waals surface area contributed by atoms with Gasteiger partial charge in [0.1, 0.15) is 6.61 Å². The van der Waals surface area contributed by atoms with E-state index >= 15 is 0 Å². The highest BCUT2D eigenvalue weighted by molar-refractivity contribution is 6.56. The summed E-state index contributed by atoms with van der Waals surface area (Å²) in [4.78, 5) is 16.7. The molecule has 5 rings (SSSR count). The summed E-state index contributed by atoms with van der Waals surface area (Å²) in [6.45, 7) is 7.32. The standard InChI is InChI=1S/C30H30BF3N2O4/c1-28(2)29(3,4)40-31(39-28)20(15-19-16-35-14-13-26(19)30(32,33)34)17-36-27(37)38-18-25-23-11-7-5-9-21(23)22-10-6-8-12-24(22)25/h5-16,25H,17-18H2,1-4H3,(H,36,37). The fourth-order valence-corrected chi connectivity index (χ4v) is 5.00. The van der Waals surface area contributed by atoms with Gasteiger partial charge in [-0.3, -0.25) is 4.98 Å². The number of amides is 1. The SMILES string of the molecule is CC1(C)OB(C(=Cc2cnccc2C(F)(F)F)CNC(=O)OCC2c3ccccc3-c3ccccc32)OC1(C)C. The molecule has 208 valence electrons. The van der Waals surface area contributed by atoms with Crippen molar-refractivity contribution in [2.24, 2.45) is 0 Å². The summed E-state index contributed by atoms with van der Waals surface area (Å²) in [5.41, 5.74) is 2.18. The van der Waals surface area contributed by atoms with Crippen molar-refractivity contribution in [2.75, 3.05) is 13.2 Å². The Morgan fingerprint density at radius 1 is 1.00 bits per heavy atom. The van der Waals surface area contributed by atoms with Crippen LogP contribution in [0, 0.1) is 0 Å². The van der Waals surface area contributed by atoms with Gasteiger partial charge in [-0.15, -0.1) is 0 Å². The summed E-state index contributed by atoms with van der Waals surface area (Å²) in [5, 5.41) is 2.67. The number of pyridine rings is 1. The molecule has 40 heavy (non-hydrogen) atoms. The number of hydrogen-bond acceptors (Lipinski definition) is 5. The molecule has 1 amide bonds. The van der Waals surface area contributed by atoms with Crippen LogP contribution in [0.1, 0.15) is 55.9 Å². The Kier molecular flexibility index (Phi) is 7.27. The van der Waals surface area contributed by atoms with Gasteiger partial charge >= 0.3 is 19.4 Å². The van der Waals surface area contributed by atoms with Crippen LogP contribution >= 0.6 is 0 Å². The molecule has 3 aromatic rings. The van der Waals surface area contributed by atoms with Gasteiger partial charge in [0.05, 0.1) is 16.8 Å². The van der Waals surface area contributed by atoms with E-state index in [9.17, 15) is 18.0 Å². The molecule has 1 aliphatic carbocycles. The number of nitrogens with zero attached hydrogens (tertiary/aromatic N) is 1. The number of hydrogen-bond donors (Lipinski definition) is 1. The Morgan fingerprint density at radius 3 is 2.15 bits per heavy atom. The number of carbonyl (C=O) groups excluding carboxylic acids is 1. The fraction of sp³-hybridized carbons (Fsp3) is 0.333. The van der Waals surface area contributed by atoms with Gasteiger partial charge in [-0.05, 0) is 61.5 Å². The van der Waals surface area contributed by atoms with Crippen LogP contribution in [-0.2, 0) is 20.2 Å². The molecule has 6 nitrogen and oxygen atoms in total. The molecular formula is C30H30BF3N2O4. The maximum Gasteiger partial charge on any atom is 0.492 e. The lowest BCUT2D eigenvalue weighted by Gasteiger charge is -2.32. The first kappa shape index (κ1) is 27.9. The molecule has 1 aromatic heterocycles. The van der Waals surface area contributed by atoms with Gasteiger partial charge in [0.25, 0.3) is 0 Å². The van der Waals surface area contributed by atoms with Crippen LogP contribution in [0.4, 0.5) is 18.0 Å². The predicted molar refractivity (Wildman–Crippen MR) is 146 cm³/mol. The molecule has 1 aliphatic heterocycles. The van der Waals surface area contributed by atoms with E-state index in [1.807, 2.05) is 76.2 Å². The molecular weight excluding hydrogens is 520 g/mol. The lowest BCUT2D eigenvalue weighted by Crippen LogP contribution is -2.41. The number of alkyl carbamates (subject to hydrolysis) is 1. The molecule has 1 N–H and O–H groups in total. The first-order valence-electron chi connectivity index (χ1n) is 13.0. The average Bonchev–Trinajstić information content (AvgIpc) is 3.34. The van der Waals surface area contributed by atoms with Gasteiger partial charge < -0.3 is 19.4 Å². The van der Waals surface area contributed by atoms with Crippen LogP contribution < -0.4 is 5.32 Å². The smallest absolute Gasteiger partial charge is 0.449 e. The Labute approximate surface area is 231 Å². The van der Waals surface area contributed by atoms with E-state index in [-0.39, 0.29) is 24.6 Å². The molecule has 10 heteroatoms. The number of rotatable bonds is 6. The third-order valence-corrected chi connectivity index (χ3v) is 7.83. The van der Waals surface area contributed by atoms with Gasteiger partial charge in [0.2, 0.25) is 0 Å². The van der Waals surface area contributed by atoms with Crippen LogP contribution in [0.5, 0.6) is 0 Å². The lowest BCUT2D eigenvalue weighted by molar-refractivity contribution is -0.137. The van der Waals surface area contributed by atoms with Crippen molar-refractivity contribution in [3.05, 3.63) is 94.7 Å². The maximum atomic E-state index is 13.7. The zero-order valence-corrected chi connectivity index (χ0v) is 22.7. The molecule has 1 saturated heterocycles. The van der Waals surface area contributed by atoms with Crippen LogP contribution in [0.2, 0.25) is 0 Å². The number of alkyl halides is 3. The number of ether oxygens (including phenoxy) is 1. The zero-order chi connectivity index (χ0) is 28.7. The van der Waals surface area contributed by atoms with E-state index in [2.05, 4.69) is 10.3 Å². The molecule has 0 spiro atoms. The molecule has 1 fully saturated rings. The van der Waals surface area contributed by atoms with E-state index in [0.717, 1.165) is 40.7 Å². The van der Waals surface area contributed by atoms with Crippen molar-refractivity contribution >= 4 is 19.3 Å². The molecule has 0 unspecified atom stereocenters. The Morgan fingerprint density at radius 2 is 1.57 bits per heavy atom. The van der Waals surface area contributed by atoms with Crippen molar-refractivity contribution in [2.45, 2.75) is 51.0 Å².